The molecule has 0 radical (unpaired) electrons. The number of nitrogens with one attached hydrogen (secondary N) is 1. The quantitative estimate of drug-likeness (QED) is 0.872. The third-order valence-electron chi connectivity index (χ3n) is 3.88. The van der Waals surface area contributed by atoms with E-state index in [1.807, 2.05) is 31.2 Å². The molecule has 1 amide bonds. The summed E-state index contributed by atoms with van der Waals surface area (Å²) in [6.45, 7) is 2.46. The number of hydrogen-bond acceptors (Lipinski definition) is 2. The second-order valence-corrected chi connectivity index (χ2v) is 5.13. The summed E-state index contributed by atoms with van der Waals surface area (Å²) in [5, 5.41) is 11.9. The molecule has 1 aliphatic carbocycles. The number of carbonyl (C=O) groups is 2. The van der Waals surface area contributed by atoms with Gasteiger partial charge in [-0.1, -0.05) is 30.7 Å². The maximum absolute atomic E-state index is 12.1. The first-order chi connectivity index (χ1) is 9.09. The normalized spacial score (nSPS) is 22.2. The van der Waals surface area contributed by atoms with Gasteiger partial charge in [0.15, 0.2) is 0 Å². The monoisotopic (exact) mass is 261 g/mol. The fourth-order valence-electron chi connectivity index (χ4n) is 2.69. The molecule has 1 aromatic carbocycles. The molecule has 0 aromatic heterocycles. The molecule has 2 unspecified atom stereocenters. The number of carbonyl (C=O) groups excluding carboxylic acids is 1. The van der Waals surface area contributed by atoms with Gasteiger partial charge < -0.3 is 10.4 Å². The third kappa shape index (κ3) is 3.13. The Labute approximate surface area is 112 Å². The van der Waals surface area contributed by atoms with Gasteiger partial charge in [-0.3, -0.25) is 9.59 Å². The molecule has 0 saturated heterocycles. The lowest BCUT2D eigenvalue weighted by molar-refractivity contribution is -0.146. The molecule has 2 N–H and O–H groups in total. The lowest BCUT2D eigenvalue weighted by Crippen LogP contribution is -2.35. The lowest BCUT2D eigenvalue weighted by atomic mass is 9.95. The molecule has 2 rings (SSSR count). The van der Waals surface area contributed by atoms with Crippen LogP contribution in [0.2, 0.25) is 0 Å². The van der Waals surface area contributed by atoms with Crippen LogP contribution in [0.4, 0.5) is 0 Å². The van der Waals surface area contributed by atoms with Gasteiger partial charge in [-0.2, -0.15) is 0 Å². The van der Waals surface area contributed by atoms with Crippen LogP contribution in [0.25, 0.3) is 0 Å². The number of carboxylic acids is 1. The first-order valence-corrected chi connectivity index (χ1v) is 6.64. The predicted molar refractivity (Wildman–Crippen MR) is 71.5 cm³/mol. The maximum atomic E-state index is 12.1. The van der Waals surface area contributed by atoms with E-state index in [-0.39, 0.29) is 11.8 Å². The van der Waals surface area contributed by atoms with Gasteiger partial charge in [0.25, 0.3) is 0 Å². The molecule has 0 bridgehead atoms. The summed E-state index contributed by atoms with van der Waals surface area (Å²) in [6.07, 6.45) is 2.10. The first-order valence-electron chi connectivity index (χ1n) is 6.64. The van der Waals surface area contributed by atoms with Crippen molar-refractivity contribution in [3.8, 4) is 0 Å². The summed E-state index contributed by atoms with van der Waals surface area (Å²) in [6, 6.07) is 7.86. The van der Waals surface area contributed by atoms with Gasteiger partial charge in [-0.15, -0.1) is 0 Å². The standard InChI is InChI=1S/C15H19NO3/c1-10-5-2-3-6-11(10)9-16-14(17)12-7-4-8-13(12)15(18)19/h2-3,5-6,12-13H,4,7-9H2,1H3,(H,16,17)(H,18,19). The van der Waals surface area contributed by atoms with Gasteiger partial charge in [0, 0.05) is 6.54 Å². The first kappa shape index (κ1) is 13.6. The van der Waals surface area contributed by atoms with Crippen molar-refractivity contribution < 1.29 is 14.7 Å². The van der Waals surface area contributed by atoms with Crippen molar-refractivity contribution in [3.63, 3.8) is 0 Å². The number of hydrogen-bond donors (Lipinski definition) is 2. The highest BCUT2D eigenvalue weighted by atomic mass is 16.4. The highest BCUT2D eigenvalue weighted by Gasteiger charge is 2.37. The molecule has 2 atom stereocenters. The van der Waals surface area contributed by atoms with Gasteiger partial charge in [-0.05, 0) is 30.9 Å². The maximum Gasteiger partial charge on any atom is 0.307 e. The van der Waals surface area contributed by atoms with Crippen LogP contribution < -0.4 is 5.32 Å². The minimum Gasteiger partial charge on any atom is -0.481 e. The molecular weight excluding hydrogens is 242 g/mol. The van der Waals surface area contributed by atoms with Crippen LogP contribution in [0, 0.1) is 18.8 Å². The average molecular weight is 261 g/mol. The number of benzene rings is 1. The fourth-order valence-corrected chi connectivity index (χ4v) is 2.69. The summed E-state index contributed by atoms with van der Waals surface area (Å²) in [7, 11) is 0. The van der Waals surface area contributed by atoms with E-state index in [1.165, 1.54) is 0 Å². The smallest absolute Gasteiger partial charge is 0.307 e. The van der Waals surface area contributed by atoms with E-state index in [1.54, 1.807) is 0 Å². The Bertz CT molecular complexity index is 484. The average Bonchev–Trinajstić information content (AvgIpc) is 2.87. The van der Waals surface area contributed by atoms with E-state index in [9.17, 15) is 9.59 Å². The van der Waals surface area contributed by atoms with Crippen LogP contribution in [0.1, 0.15) is 30.4 Å². The minimum absolute atomic E-state index is 0.131. The molecule has 0 spiro atoms. The Morgan fingerprint density at radius 3 is 2.63 bits per heavy atom. The van der Waals surface area contributed by atoms with E-state index in [2.05, 4.69) is 5.32 Å². The van der Waals surface area contributed by atoms with Crippen LogP contribution in [0.5, 0.6) is 0 Å². The molecule has 1 aromatic rings. The summed E-state index contributed by atoms with van der Waals surface area (Å²) in [4.78, 5) is 23.1. The van der Waals surface area contributed by atoms with Gasteiger partial charge in [0.2, 0.25) is 5.91 Å². The molecule has 102 valence electrons. The van der Waals surface area contributed by atoms with Crippen LogP contribution in [-0.4, -0.2) is 17.0 Å². The summed E-state index contributed by atoms with van der Waals surface area (Å²) in [5.41, 5.74) is 2.20. The fraction of sp³-hybridized carbons (Fsp3) is 0.467. The van der Waals surface area contributed by atoms with Crippen LogP contribution in [-0.2, 0) is 16.1 Å². The highest BCUT2D eigenvalue weighted by Crippen LogP contribution is 2.32. The molecule has 1 aliphatic rings. The van der Waals surface area contributed by atoms with Crippen LogP contribution in [0.3, 0.4) is 0 Å². The molecule has 1 saturated carbocycles. The number of rotatable bonds is 4. The summed E-state index contributed by atoms with van der Waals surface area (Å²) in [5.74, 6) is -1.87. The second-order valence-electron chi connectivity index (χ2n) is 5.13. The van der Waals surface area contributed by atoms with Gasteiger partial charge >= 0.3 is 5.97 Å². The van der Waals surface area contributed by atoms with Crippen molar-refractivity contribution in [1.29, 1.82) is 0 Å². The largest absolute Gasteiger partial charge is 0.481 e. The van der Waals surface area contributed by atoms with Gasteiger partial charge in [-0.25, -0.2) is 0 Å². The third-order valence-corrected chi connectivity index (χ3v) is 3.88. The van der Waals surface area contributed by atoms with E-state index >= 15 is 0 Å². The van der Waals surface area contributed by atoms with Gasteiger partial charge in [0.05, 0.1) is 11.8 Å². The zero-order valence-corrected chi connectivity index (χ0v) is 11.1. The Morgan fingerprint density at radius 1 is 1.26 bits per heavy atom. The molecule has 0 aliphatic heterocycles. The van der Waals surface area contributed by atoms with Crippen molar-refractivity contribution in [1.82, 2.24) is 5.32 Å². The lowest BCUT2D eigenvalue weighted by Gasteiger charge is -2.16. The Morgan fingerprint density at radius 2 is 1.95 bits per heavy atom. The van der Waals surface area contributed by atoms with E-state index in [0.717, 1.165) is 17.5 Å². The molecule has 4 nitrogen and oxygen atoms in total. The summed E-state index contributed by atoms with van der Waals surface area (Å²) >= 11 is 0. The van der Waals surface area contributed by atoms with E-state index in [4.69, 9.17) is 5.11 Å². The highest BCUT2D eigenvalue weighted by molar-refractivity contribution is 5.85. The molecular formula is C15H19NO3. The van der Waals surface area contributed by atoms with E-state index in [0.29, 0.717) is 19.4 Å². The zero-order valence-electron chi connectivity index (χ0n) is 11.1. The number of aliphatic carboxylic acids is 1. The van der Waals surface area contributed by atoms with Crippen molar-refractivity contribution in [3.05, 3.63) is 35.4 Å². The van der Waals surface area contributed by atoms with Crippen molar-refractivity contribution in [2.45, 2.75) is 32.7 Å². The Kier molecular flexibility index (Phi) is 4.20. The summed E-state index contributed by atoms with van der Waals surface area (Å²) < 4.78 is 0. The Balaban J connectivity index is 1.95. The SMILES string of the molecule is Cc1ccccc1CNC(=O)C1CCCC1C(=O)O. The molecule has 4 heteroatoms. The van der Waals surface area contributed by atoms with Crippen molar-refractivity contribution in [2.75, 3.05) is 0 Å². The number of carboxylic acid groups (broad SMARTS) is 1. The molecule has 1 fully saturated rings. The zero-order chi connectivity index (χ0) is 13.8. The van der Waals surface area contributed by atoms with Crippen LogP contribution >= 0.6 is 0 Å². The molecule has 0 heterocycles. The number of aryl methyl sites for hydroxylation is 1. The topological polar surface area (TPSA) is 66.4 Å². The molecule has 19 heavy (non-hydrogen) atoms. The van der Waals surface area contributed by atoms with Crippen molar-refractivity contribution >= 4 is 11.9 Å². The minimum atomic E-state index is -0.853. The predicted octanol–water partition coefficient (Wildman–Crippen LogP) is 2.11. The number of amides is 1. The van der Waals surface area contributed by atoms with Crippen LogP contribution in [0.15, 0.2) is 24.3 Å². The Hall–Kier alpha value is -1.84. The van der Waals surface area contributed by atoms with Crippen molar-refractivity contribution in [2.24, 2.45) is 11.8 Å². The van der Waals surface area contributed by atoms with Gasteiger partial charge in [0.1, 0.15) is 0 Å². The second kappa shape index (κ2) is 5.87. The van der Waals surface area contributed by atoms with E-state index < -0.39 is 11.9 Å².